The van der Waals surface area contributed by atoms with Gasteiger partial charge in [-0.3, -0.25) is 0 Å². The number of rotatable bonds is 6. The first kappa shape index (κ1) is 17.2. The minimum atomic E-state index is 0.0382. The molecule has 3 rings (SSSR count). The van der Waals surface area contributed by atoms with Crippen molar-refractivity contribution in [3.63, 3.8) is 0 Å². The van der Waals surface area contributed by atoms with Gasteiger partial charge in [-0.1, -0.05) is 29.3 Å². The number of hydrogen-bond acceptors (Lipinski definition) is 4. The lowest BCUT2D eigenvalue weighted by Crippen LogP contribution is -2.15. The van der Waals surface area contributed by atoms with Crippen molar-refractivity contribution < 1.29 is 14.2 Å². The Morgan fingerprint density at radius 1 is 1.08 bits per heavy atom. The first-order valence-corrected chi connectivity index (χ1v) is 8.52. The SMILES string of the molecule is CC(C)Oc1c(Cl)cc(Cl)cc1CNCc1ccc2c(c1)OCO2. The quantitative estimate of drug-likeness (QED) is 0.795. The van der Waals surface area contributed by atoms with Crippen molar-refractivity contribution in [2.45, 2.75) is 33.0 Å². The highest BCUT2D eigenvalue weighted by atomic mass is 35.5. The van der Waals surface area contributed by atoms with E-state index in [4.69, 9.17) is 37.4 Å². The van der Waals surface area contributed by atoms with Crippen molar-refractivity contribution in [2.24, 2.45) is 0 Å². The Kier molecular flexibility index (Phi) is 5.39. The van der Waals surface area contributed by atoms with E-state index < -0.39 is 0 Å². The second kappa shape index (κ2) is 7.51. The summed E-state index contributed by atoms with van der Waals surface area (Å²) in [6.45, 7) is 5.49. The molecule has 0 atom stereocenters. The summed E-state index contributed by atoms with van der Waals surface area (Å²) >= 11 is 12.4. The molecule has 0 fully saturated rings. The Morgan fingerprint density at radius 2 is 1.88 bits per heavy atom. The van der Waals surface area contributed by atoms with E-state index in [1.165, 1.54) is 0 Å². The Balaban J connectivity index is 1.68. The average Bonchev–Trinajstić information content (AvgIpc) is 2.98. The highest BCUT2D eigenvalue weighted by Crippen LogP contribution is 2.34. The monoisotopic (exact) mass is 367 g/mol. The molecule has 2 aromatic carbocycles. The smallest absolute Gasteiger partial charge is 0.231 e. The van der Waals surface area contributed by atoms with E-state index in [-0.39, 0.29) is 12.9 Å². The molecule has 1 aliphatic heterocycles. The standard InChI is InChI=1S/C18H19Cl2NO3/c1-11(2)24-18-13(6-14(19)7-15(18)20)9-21-8-12-3-4-16-17(5-12)23-10-22-16/h3-7,11,21H,8-10H2,1-2H3. The molecule has 1 heterocycles. The van der Waals surface area contributed by atoms with Crippen molar-refractivity contribution in [2.75, 3.05) is 6.79 Å². The summed E-state index contributed by atoms with van der Waals surface area (Å²) in [6, 6.07) is 9.48. The van der Waals surface area contributed by atoms with Gasteiger partial charge in [0.1, 0.15) is 5.75 Å². The molecule has 1 aliphatic rings. The zero-order valence-electron chi connectivity index (χ0n) is 13.6. The predicted octanol–water partition coefficient (Wildman–Crippen LogP) is 4.80. The number of halogens is 2. The van der Waals surface area contributed by atoms with Crippen molar-refractivity contribution in [1.82, 2.24) is 5.32 Å². The molecule has 0 saturated carbocycles. The molecule has 0 aliphatic carbocycles. The fourth-order valence-electron chi connectivity index (χ4n) is 2.51. The number of hydrogen-bond donors (Lipinski definition) is 1. The van der Waals surface area contributed by atoms with E-state index >= 15 is 0 Å². The predicted molar refractivity (Wildman–Crippen MR) is 95.3 cm³/mol. The van der Waals surface area contributed by atoms with Crippen LogP contribution in [0.5, 0.6) is 17.2 Å². The van der Waals surface area contributed by atoms with Gasteiger partial charge in [-0.15, -0.1) is 0 Å². The molecular formula is C18H19Cl2NO3. The molecule has 2 aromatic rings. The maximum absolute atomic E-state index is 6.27. The van der Waals surface area contributed by atoms with Crippen molar-refractivity contribution in [3.05, 3.63) is 51.5 Å². The lowest BCUT2D eigenvalue weighted by Gasteiger charge is -2.17. The van der Waals surface area contributed by atoms with Crippen LogP contribution < -0.4 is 19.5 Å². The van der Waals surface area contributed by atoms with Gasteiger partial charge in [0.25, 0.3) is 0 Å². The largest absolute Gasteiger partial charge is 0.489 e. The van der Waals surface area contributed by atoms with Crippen LogP contribution in [0.4, 0.5) is 0 Å². The van der Waals surface area contributed by atoms with Crippen LogP contribution in [0.15, 0.2) is 30.3 Å². The summed E-state index contributed by atoms with van der Waals surface area (Å²) in [6.07, 6.45) is 0.0382. The van der Waals surface area contributed by atoms with Crippen molar-refractivity contribution in [1.29, 1.82) is 0 Å². The molecule has 0 aromatic heterocycles. The van der Waals surface area contributed by atoms with Crippen LogP contribution in [0.2, 0.25) is 10.0 Å². The Hall–Kier alpha value is -1.62. The van der Waals surface area contributed by atoms with Gasteiger partial charge in [0.05, 0.1) is 11.1 Å². The minimum absolute atomic E-state index is 0.0382. The molecule has 0 unspecified atom stereocenters. The second-order valence-corrected chi connectivity index (χ2v) is 6.68. The maximum atomic E-state index is 6.27. The van der Waals surface area contributed by atoms with E-state index in [1.54, 1.807) is 6.07 Å². The zero-order valence-corrected chi connectivity index (χ0v) is 15.1. The molecule has 0 radical (unpaired) electrons. The Bertz CT molecular complexity index is 734. The molecule has 0 bridgehead atoms. The molecule has 0 saturated heterocycles. The van der Waals surface area contributed by atoms with Gasteiger partial charge in [0.15, 0.2) is 11.5 Å². The van der Waals surface area contributed by atoms with E-state index in [0.29, 0.717) is 28.9 Å². The molecule has 128 valence electrons. The van der Waals surface area contributed by atoms with Gasteiger partial charge in [0, 0.05) is 23.7 Å². The molecule has 6 heteroatoms. The van der Waals surface area contributed by atoms with Gasteiger partial charge in [-0.25, -0.2) is 0 Å². The van der Waals surface area contributed by atoms with Crippen LogP contribution in [-0.4, -0.2) is 12.9 Å². The van der Waals surface area contributed by atoms with E-state index in [2.05, 4.69) is 5.32 Å². The number of ether oxygens (including phenoxy) is 3. The fourth-order valence-corrected chi connectivity index (χ4v) is 3.09. The number of fused-ring (bicyclic) bond motifs is 1. The minimum Gasteiger partial charge on any atom is -0.489 e. The van der Waals surface area contributed by atoms with Gasteiger partial charge in [-0.2, -0.15) is 0 Å². The zero-order chi connectivity index (χ0) is 17.1. The average molecular weight is 368 g/mol. The van der Waals surface area contributed by atoms with E-state index in [1.807, 2.05) is 38.1 Å². The van der Waals surface area contributed by atoms with E-state index in [0.717, 1.165) is 22.6 Å². The van der Waals surface area contributed by atoms with Crippen LogP contribution in [0.1, 0.15) is 25.0 Å². The highest BCUT2D eigenvalue weighted by molar-refractivity contribution is 6.35. The summed E-state index contributed by atoms with van der Waals surface area (Å²) in [5.41, 5.74) is 2.04. The normalized spacial score (nSPS) is 12.7. The topological polar surface area (TPSA) is 39.7 Å². The van der Waals surface area contributed by atoms with Crippen LogP contribution >= 0.6 is 23.2 Å². The first-order chi connectivity index (χ1) is 11.5. The summed E-state index contributed by atoms with van der Waals surface area (Å²) in [4.78, 5) is 0. The van der Waals surface area contributed by atoms with Crippen LogP contribution in [0.3, 0.4) is 0 Å². The summed E-state index contributed by atoms with van der Waals surface area (Å²) in [5.74, 6) is 2.24. The third kappa shape index (κ3) is 4.07. The third-order valence-corrected chi connectivity index (χ3v) is 4.02. The lowest BCUT2D eigenvalue weighted by atomic mass is 10.1. The molecule has 4 nitrogen and oxygen atoms in total. The Labute approximate surface area is 151 Å². The summed E-state index contributed by atoms with van der Waals surface area (Å²) in [5, 5.41) is 4.50. The number of nitrogens with one attached hydrogen (secondary N) is 1. The van der Waals surface area contributed by atoms with Gasteiger partial charge < -0.3 is 19.5 Å². The van der Waals surface area contributed by atoms with Crippen LogP contribution in [0.25, 0.3) is 0 Å². The first-order valence-electron chi connectivity index (χ1n) is 7.77. The third-order valence-electron chi connectivity index (χ3n) is 3.52. The van der Waals surface area contributed by atoms with Gasteiger partial charge in [0.2, 0.25) is 6.79 Å². The highest BCUT2D eigenvalue weighted by Gasteiger charge is 2.14. The Morgan fingerprint density at radius 3 is 2.67 bits per heavy atom. The molecule has 1 N–H and O–H groups in total. The number of benzene rings is 2. The second-order valence-electron chi connectivity index (χ2n) is 5.83. The molecule has 0 spiro atoms. The van der Waals surface area contributed by atoms with Gasteiger partial charge >= 0.3 is 0 Å². The lowest BCUT2D eigenvalue weighted by molar-refractivity contribution is 0.174. The molecular weight excluding hydrogens is 349 g/mol. The molecule has 24 heavy (non-hydrogen) atoms. The fraction of sp³-hybridized carbons (Fsp3) is 0.333. The van der Waals surface area contributed by atoms with E-state index in [9.17, 15) is 0 Å². The summed E-state index contributed by atoms with van der Waals surface area (Å²) in [7, 11) is 0. The van der Waals surface area contributed by atoms with Crippen LogP contribution in [0, 0.1) is 0 Å². The molecule has 0 amide bonds. The van der Waals surface area contributed by atoms with Crippen LogP contribution in [-0.2, 0) is 13.1 Å². The van der Waals surface area contributed by atoms with Crippen molar-refractivity contribution in [3.8, 4) is 17.2 Å². The summed E-state index contributed by atoms with van der Waals surface area (Å²) < 4.78 is 16.5. The van der Waals surface area contributed by atoms with Gasteiger partial charge in [-0.05, 0) is 43.7 Å². The maximum Gasteiger partial charge on any atom is 0.231 e. The van der Waals surface area contributed by atoms with Crippen molar-refractivity contribution >= 4 is 23.2 Å².